The maximum Gasteiger partial charge on any atom is 0.122 e. The van der Waals surface area contributed by atoms with Crippen LogP contribution in [-0.4, -0.2) is 15.1 Å². The van der Waals surface area contributed by atoms with Gasteiger partial charge in [-0.1, -0.05) is 18.2 Å². The lowest BCUT2D eigenvalue weighted by Crippen LogP contribution is -2.36. The first-order chi connectivity index (χ1) is 9.35. The van der Waals surface area contributed by atoms with Crippen LogP contribution >= 0.6 is 0 Å². The van der Waals surface area contributed by atoms with Crippen molar-refractivity contribution in [1.82, 2.24) is 14.9 Å². The van der Waals surface area contributed by atoms with E-state index in [2.05, 4.69) is 73.9 Å². The van der Waals surface area contributed by atoms with Gasteiger partial charge in [-0.25, -0.2) is 4.98 Å². The average molecular weight is 271 g/mol. The predicted molar refractivity (Wildman–Crippen MR) is 83.8 cm³/mol. The Morgan fingerprint density at radius 2 is 1.90 bits per heavy atom. The second-order valence-corrected chi connectivity index (χ2v) is 6.49. The number of hydrogen-bond donors (Lipinski definition) is 1. The normalized spacial score (nSPS) is 11.8. The van der Waals surface area contributed by atoms with Gasteiger partial charge in [0.25, 0.3) is 0 Å². The van der Waals surface area contributed by atoms with Gasteiger partial charge in [-0.15, -0.1) is 0 Å². The predicted octanol–water partition coefficient (Wildman–Crippen LogP) is 3.44. The smallest absolute Gasteiger partial charge is 0.122 e. The van der Waals surface area contributed by atoms with Crippen molar-refractivity contribution in [1.29, 1.82) is 0 Å². The summed E-state index contributed by atoms with van der Waals surface area (Å²) in [5.74, 6) is 1.08. The van der Waals surface area contributed by atoms with Crippen molar-refractivity contribution in [2.75, 3.05) is 0 Å². The second-order valence-electron chi connectivity index (χ2n) is 6.49. The number of nitrogens with zero attached hydrogens (tertiary/aromatic N) is 2. The van der Waals surface area contributed by atoms with Gasteiger partial charge in [0.1, 0.15) is 5.82 Å². The lowest BCUT2D eigenvalue weighted by molar-refractivity contribution is 0.413. The van der Waals surface area contributed by atoms with Gasteiger partial charge in [0.05, 0.1) is 6.54 Å². The van der Waals surface area contributed by atoms with Crippen molar-refractivity contribution in [3.8, 4) is 0 Å². The van der Waals surface area contributed by atoms with E-state index in [1.807, 2.05) is 6.20 Å². The zero-order valence-electron chi connectivity index (χ0n) is 13.2. The van der Waals surface area contributed by atoms with E-state index in [0.29, 0.717) is 0 Å². The number of aromatic nitrogens is 2. The van der Waals surface area contributed by atoms with E-state index < -0.39 is 0 Å². The van der Waals surface area contributed by atoms with Crippen LogP contribution in [0.15, 0.2) is 30.6 Å². The first kappa shape index (κ1) is 14.8. The Bertz CT molecular complexity index is 576. The van der Waals surface area contributed by atoms with E-state index in [1.54, 1.807) is 0 Å². The van der Waals surface area contributed by atoms with Crippen molar-refractivity contribution in [2.24, 2.45) is 0 Å². The minimum absolute atomic E-state index is 0.108. The number of rotatable bonds is 4. The third-order valence-corrected chi connectivity index (χ3v) is 3.50. The molecule has 1 heterocycles. The van der Waals surface area contributed by atoms with Crippen molar-refractivity contribution in [2.45, 2.75) is 53.2 Å². The molecule has 0 saturated heterocycles. The van der Waals surface area contributed by atoms with Crippen LogP contribution in [0.25, 0.3) is 0 Å². The number of hydrogen-bond acceptors (Lipinski definition) is 2. The summed E-state index contributed by atoms with van der Waals surface area (Å²) >= 11 is 0. The number of imidazole rings is 1. The van der Waals surface area contributed by atoms with Crippen LogP contribution in [0.4, 0.5) is 0 Å². The van der Waals surface area contributed by atoms with Gasteiger partial charge in [-0.2, -0.15) is 0 Å². The molecule has 0 unspecified atom stereocenters. The molecule has 0 spiro atoms. The molecule has 2 aromatic rings. The summed E-state index contributed by atoms with van der Waals surface area (Å²) in [6, 6.07) is 6.65. The van der Waals surface area contributed by atoms with Crippen LogP contribution in [0.5, 0.6) is 0 Å². The van der Waals surface area contributed by atoms with E-state index in [9.17, 15) is 0 Å². The van der Waals surface area contributed by atoms with Gasteiger partial charge in [0, 0.05) is 24.5 Å². The highest BCUT2D eigenvalue weighted by atomic mass is 15.1. The molecule has 0 aliphatic rings. The zero-order valence-corrected chi connectivity index (χ0v) is 13.2. The van der Waals surface area contributed by atoms with Crippen molar-refractivity contribution >= 4 is 0 Å². The van der Waals surface area contributed by atoms with Crippen LogP contribution in [0.2, 0.25) is 0 Å². The van der Waals surface area contributed by atoms with Crippen molar-refractivity contribution < 1.29 is 0 Å². The van der Waals surface area contributed by atoms with Gasteiger partial charge in [-0.05, 0) is 51.3 Å². The molecule has 0 bridgehead atoms. The first-order valence-electron chi connectivity index (χ1n) is 7.16. The summed E-state index contributed by atoms with van der Waals surface area (Å²) in [4.78, 5) is 4.46. The number of benzene rings is 1. The van der Waals surface area contributed by atoms with Gasteiger partial charge < -0.3 is 9.88 Å². The average Bonchev–Trinajstić information content (AvgIpc) is 2.78. The van der Waals surface area contributed by atoms with Crippen LogP contribution < -0.4 is 5.32 Å². The summed E-state index contributed by atoms with van der Waals surface area (Å²) in [5, 5.41) is 3.49. The SMILES string of the molecule is Cc1ccc(Cn2ccnc2CNC(C)(C)C)cc1C. The maximum absolute atomic E-state index is 4.46. The van der Waals surface area contributed by atoms with Gasteiger partial charge in [0.15, 0.2) is 0 Å². The third-order valence-electron chi connectivity index (χ3n) is 3.50. The minimum atomic E-state index is 0.108. The van der Waals surface area contributed by atoms with E-state index in [1.165, 1.54) is 16.7 Å². The van der Waals surface area contributed by atoms with Gasteiger partial charge >= 0.3 is 0 Å². The van der Waals surface area contributed by atoms with E-state index >= 15 is 0 Å². The quantitative estimate of drug-likeness (QED) is 0.923. The minimum Gasteiger partial charge on any atom is -0.329 e. The summed E-state index contributed by atoms with van der Waals surface area (Å²) < 4.78 is 2.21. The summed E-state index contributed by atoms with van der Waals surface area (Å²) in [6.45, 7) is 12.5. The topological polar surface area (TPSA) is 29.9 Å². The molecule has 0 fully saturated rings. The molecule has 0 amide bonds. The molecule has 0 radical (unpaired) electrons. The molecule has 3 nitrogen and oxygen atoms in total. The molecule has 0 saturated carbocycles. The third kappa shape index (κ3) is 3.94. The Balaban J connectivity index is 2.10. The molecule has 3 heteroatoms. The molecule has 108 valence electrons. The largest absolute Gasteiger partial charge is 0.329 e. The molecule has 20 heavy (non-hydrogen) atoms. The molecule has 1 N–H and O–H groups in total. The maximum atomic E-state index is 4.46. The van der Waals surface area contributed by atoms with Crippen molar-refractivity contribution in [3.05, 3.63) is 53.1 Å². The van der Waals surface area contributed by atoms with Gasteiger partial charge in [-0.3, -0.25) is 0 Å². The molecule has 0 aliphatic heterocycles. The Morgan fingerprint density at radius 1 is 1.15 bits per heavy atom. The van der Waals surface area contributed by atoms with Crippen molar-refractivity contribution in [3.63, 3.8) is 0 Å². The van der Waals surface area contributed by atoms with Crippen LogP contribution in [0.1, 0.15) is 43.3 Å². The summed E-state index contributed by atoms with van der Waals surface area (Å²) in [5.41, 5.74) is 4.12. The van der Waals surface area contributed by atoms with Gasteiger partial charge in [0.2, 0.25) is 0 Å². The van der Waals surface area contributed by atoms with Crippen LogP contribution in [0, 0.1) is 13.8 Å². The van der Waals surface area contributed by atoms with Crippen LogP contribution in [-0.2, 0) is 13.1 Å². The fourth-order valence-electron chi connectivity index (χ4n) is 2.09. The molecule has 1 aromatic carbocycles. The summed E-state index contributed by atoms with van der Waals surface area (Å²) in [6.07, 6.45) is 3.93. The molecule has 1 aromatic heterocycles. The Morgan fingerprint density at radius 3 is 2.55 bits per heavy atom. The lowest BCUT2D eigenvalue weighted by atomic mass is 10.1. The highest BCUT2D eigenvalue weighted by molar-refractivity contribution is 5.30. The highest BCUT2D eigenvalue weighted by Gasteiger charge is 2.11. The number of nitrogens with one attached hydrogen (secondary N) is 1. The second kappa shape index (κ2) is 5.80. The highest BCUT2D eigenvalue weighted by Crippen LogP contribution is 2.12. The molecule has 2 rings (SSSR count). The molecule has 0 aliphatic carbocycles. The van der Waals surface area contributed by atoms with Crippen LogP contribution in [0.3, 0.4) is 0 Å². The first-order valence-corrected chi connectivity index (χ1v) is 7.16. The molecular formula is C17H25N3. The van der Waals surface area contributed by atoms with E-state index in [-0.39, 0.29) is 5.54 Å². The Hall–Kier alpha value is -1.61. The summed E-state index contributed by atoms with van der Waals surface area (Å²) in [7, 11) is 0. The molecule has 0 atom stereocenters. The lowest BCUT2D eigenvalue weighted by Gasteiger charge is -2.20. The monoisotopic (exact) mass is 271 g/mol. The fourth-order valence-corrected chi connectivity index (χ4v) is 2.09. The number of aryl methyl sites for hydroxylation is 2. The fraction of sp³-hybridized carbons (Fsp3) is 0.471. The zero-order chi connectivity index (χ0) is 14.8. The molecular weight excluding hydrogens is 246 g/mol. The Labute approximate surface area is 122 Å². The standard InChI is InChI=1S/C17H25N3/c1-13-6-7-15(10-14(13)2)12-20-9-8-18-16(20)11-19-17(3,4)5/h6-10,19H,11-12H2,1-5H3. The Kier molecular flexibility index (Phi) is 4.29. The van der Waals surface area contributed by atoms with E-state index in [4.69, 9.17) is 0 Å². The van der Waals surface area contributed by atoms with E-state index in [0.717, 1.165) is 18.9 Å².